The molecule has 150 valence electrons. The lowest BCUT2D eigenvalue weighted by Crippen LogP contribution is -2.44. The van der Waals surface area contributed by atoms with E-state index in [1.165, 1.54) is 6.07 Å². The van der Waals surface area contributed by atoms with Gasteiger partial charge in [0.25, 0.3) is 0 Å². The summed E-state index contributed by atoms with van der Waals surface area (Å²) in [6.07, 6.45) is 9.58. The Kier molecular flexibility index (Phi) is 5.64. The van der Waals surface area contributed by atoms with E-state index in [2.05, 4.69) is 30.6 Å². The molecule has 0 saturated carbocycles. The molecule has 1 unspecified atom stereocenters. The van der Waals surface area contributed by atoms with Crippen LogP contribution in [0.2, 0.25) is 0 Å². The Bertz CT molecular complexity index is 972. The van der Waals surface area contributed by atoms with Crippen molar-refractivity contribution in [3.63, 3.8) is 0 Å². The van der Waals surface area contributed by atoms with Gasteiger partial charge in [0.15, 0.2) is 17.6 Å². The van der Waals surface area contributed by atoms with E-state index in [-0.39, 0.29) is 11.9 Å². The Morgan fingerprint density at radius 2 is 2.21 bits per heavy atom. The van der Waals surface area contributed by atoms with Crippen LogP contribution >= 0.6 is 0 Å². The number of nitrogens with zero attached hydrogens (tertiary/aromatic N) is 6. The molecule has 0 aliphatic carbocycles. The molecule has 1 fully saturated rings. The van der Waals surface area contributed by atoms with Gasteiger partial charge in [-0.05, 0) is 36.2 Å². The molecular formula is C20H23FN8. The Morgan fingerprint density at radius 1 is 1.28 bits per heavy atom. The van der Waals surface area contributed by atoms with Gasteiger partial charge in [0.1, 0.15) is 12.1 Å². The van der Waals surface area contributed by atoms with Crippen molar-refractivity contribution in [2.24, 2.45) is 4.99 Å². The van der Waals surface area contributed by atoms with Crippen molar-refractivity contribution in [3.8, 4) is 5.82 Å². The van der Waals surface area contributed by atoms with Crippen LogP contribution in [0.15, 0.2) is 60.4 Å². The lowest BCUT2D eigenvalue weighted by Gasteiger charge is -2.20. The van der Waals surface area contributed by atoms with E-state index in [0.717, 1.165) is 24.3 Å². The SMILES string of the molecule is CN=C(NCc1ccnc(-n2ccnc2)c1)NC1CCN(c2ncccc2F)C1. The van der Waals surface area contributed by atoms with Gasteiger partial charge in [-0.15, -0.1) is 0 Å². The van der Waals surface area contributed by atoms with Crippen LogP contribution in [0.5, 0.6) is 0 Å². The highest BCUT2D eigenvalue weighted by atomic mass is 19.1. The van der Waals surface area contributed by atoms with Crippen molar-refractivity contribution in [2.75, 3.05) is 25.0 Å². The number of hydrogen-bond donors (Lipinski definition) is 2. The summed E-state index contributed by atoms with van der Waals surface area (Å²) < 4.78 is 15.8. The third-order valence-electron chi connectivity index (χ3n) is 4.83. The van der Waals surface area contributed by atoms with E-state index in [0.29, 0.717) is 24.9 Å². The highest BCUT2D eigenvalue weighted by Crippen LogP contribution is 2.20. The number of nitrogens with one attached hydrogen (secondary N) is 2. The molecule has 3 aromatic heterocycles. The molecule has 9 heteroatoms. The van der Waals surface area contributed by atoms with E-state index >= 15 is 0 Å². The number of anilines is 1. The van der Waals surface area contributed by atoms with Crippen LogP contribution < -0.4 is 15.5 Å². The number of hydrogen-bond acceptors (Lipinski definition) is 5. The molecule has 0 aromatic carbocycles. The molecule has 1 saturated heterocycles. The van der Waals surface area contributed by atoms with Crippen LogP contribution in [0.25, 0.3) is 5.82 Å². The predicted octanol–water partition coefficient (Wildman–Crippen LogP) is 1.75. The summed E-state index contributed by atoms with van der Waals surface area (Å²) in [5.41, 5.74) is 1.08. The first kappa shape index (κ1) is 18.9. The second-order valence-electron chi connectivity index (χ2n) is 6.80. The van der Waals surface area contributed by atoms with Gasteiger partial charge in [-0.3, -0.25) is 9.56 Å². The Balaban J connectivity index is 1.33. The average molecular weight is 394 g/mol. The van der Waals surface area contributed by atoms with Crippen molar-refractivity contribution in [3.05, 3.63) is 66.8 Å². The van der Waals surface area contributed by atoms with Crippen molar-refractivity contribution < 1.29 is 4.39 Å². The fourth-order valence-corrected chi connectivity index (χ4v) is 3.36. The summed E-state index contributed by atoms with van der Waals surface area (Å²) in [5.74, 6) is 1.64. The third kappa shape index (κ3) is 4.50. The standard InChI is InChI=1S/C20H23FN8/c1-22-20(26-12-15-4-7-24-18(11-15)29-10-8-23-14-29)27-16-5-9-28(13-16)19-17(21)3-2-6-25-19/h2-4,6-8,10-11,14,16H,5,9,12-13H2,1H3,(H2,22,26,27). The van der Waals surface area contributed by atoms with Crippen LogP contribution in [0.4, 0.5) is 10.2 Å². The highest BCUT2D eigenvalue weighted by molar-refractivity contribution is 5.80. The number of pyridine rings is 2. The summed E-state index contributed by atoms with van der Waals surface area (Å²) in [6.45, 7) is 2.03. The number of guanidine groups is 1. The summed E-state index contributed by atoms with van der Waals surface area (Å²) in [6, 6.07) is 7.18. The maximum Gasteiger partial charge on any atom is 0.191 e. The van der Waals surface area contributed by atoms with Crippen LogP contribution in [-0.2, 0) is 6.54 Å². The molecule has 0 radical (unpaired) electrons. The number of aliphatic imine (C=N–C) groups is 1. The monoisotopic (exact) mass is 394 g/mol. The van der Waals surface area contributed by atoms with Gasteiger partial charge in [-0.2, -0.15) is 0 Å². The normalized spacial score (nSPS) is 16.8. The maximum atomic E-state index is 14.0. The molecule has 4 heterocycles. The molecule has 0 bridgehead atoms. The zero-order valence-corrected chi connectivity index (χ0v) is 16.2. The first-order valence-electron chi connectivity index (χ1n) is 9.49. The van der Waals surface area contributed by atoms with Gasteiger partial charge >= 0.3 is 0 Å². The van der Waals surface area contributed by atoms with E-state index in [9.17, 15) is 4.39 Å². The number of imidazole rings is 1. The highest BCUT2D eigenvalue weighted by Gasteiger charge is 2.25. The molecule has 0 amide bonds. The summed E-state index contributed by atoms with van der Waals surface area (Å²) >= 11 is 0. The van der Waals surface area contributed by atoms with Gasteiger partial charge in [-0.25, -0.2) is 19.3 Å². The predicted molar refractivity (Wildman–Crippen MR) is 110 cm³/mol. The molecule has 8 nitrogen and oxygen atoms in total. The largest absolute Gasteiger partial charge is 0.352 e. The Morgan fingerprint density at radius 3 is 3.00 bits per heavy atom. The third-order valence-corrected chi connectivity index (χ3v) is 4.83. The minimum Gasteiger partial charge on any atom is -0.352 e. The Hall–Kier alpha value is -3.49. The topological polar surface area (TPSA) is 83.3 Å². The molecule has 1 atom stereocenters. The molecule has 2 N–H and O–H groups in total. The van der Waals surface area contributed by atoms with E-state index in [1.807, 2.05) is 27.8 Å². The maximum absolute atomic E-state index is 14.0. The second-order valence-corrected chi connectivity index (χ2v) is 6.80. The van der Waals surface area contributed by atoms with Crippen molar-refractivity contribution in [2.45, 2.75) is 19.0 Å². The number of aromatic nitrogens is 4. The van der Waals surface area contributed by atoms with Crippen molar-refractivity contribution >= 4 is 11.8 Å². The number of halogens is 1. The van der Waals surface area contributed by atoms with Crippen molar-refractivity contribution in [1.29, 1.82) is 0 Å². The van der Waals surface area contributed by atoms with Gasteiger partial charge in [-0.1, -0.05) is 0 Å². The van der Waals surface area contributed by atoms with Crippen LogP contribution in [0, 0.1) is 5.82 Å². The molecule has 29 heavy (non-hydrogen) atoms. The molecule has 3 aromatic rings. The fraction of sp³-hybridized carbons (Fsp3) is 0.300. The fourth-order valence-electron chi connectivity index (χ4n) is 3.36. The first-order valence-corrected chi connectivity index (χ1v) is 9.49. The van der Waals surface area contributed by atoms with Gasteiger partial charge in [0, 0.05) is 57.5 Å². The smallest absolute Gasteiger partial charge is 0.191 e. The molecule has 1 aliphatic heterocycles. The lowest BCUT2D eigenvalue weighted by atomic mass is 10.2. The van der Waals surface area contributed by atoms with Crippen molar-refractivity contribution in [1.82, 2.24) is 30.2 Å². The lowest BCUT2D eigenvalue weighted by molar-refractivity contribution is 0.612. The van der Waals surface area contributed by atoms with Gasteiger partial charge < -0.3 is 15.5 Å². The van der Waals surface area contributed by atoms with Gasteiger partial charge in [0.2, 0.25) is 0 Å². The summed E-state index contributed by atoms with van der Waals surface area (Å²) in [4.78, 5) is 18.8. The molecular weight excluding hydrogens is 371 g/mol. The van der Waals surface area contributed by atoms with E-state index in [1.54, 1.807) is 38.0 Å². The molecule has 4 rings (SSSR count). The first-order chi connectivity index (χ1) is 14.2. The zero-order chi connectivity index (χ0) is 20.1. The summed E-state index contributed by atoms with van der Waals surface area (Å²) in [7, 11) is 1.74. The zero-order valence-electron chi connectivity index (χ0n) is 16.2. The van der Waals surface area contributed by atoms with E-state index < -0.39 is 0 Å². The van der Waals surface area contributed by atoms with E-state index in [4.69, 9.17) is 0 Å². The molecule has 0 spiro atoms. The minimum atomic E-state index is -0.290. The minimum absolute atomic E-state index is 0.168. The summed E-state index contributed by atoms with van der Waals surface area (Å²) in [5, 5.41) is 6.74. The van der Waals surface area contributed by atoms with Crippen LogP contribution in [0.1, 0.15) is 12.0 Å². The van der Waals surface area contributed by atoms with Gasteiger partial charge in [0.05, 0.1) is 0 Å². The van der Waals surface area contributed by atoms with Crippen LogP contribution in [-0.4, -0.2) is 51.7 Å². The second kappa shape index (κ2) is 8.68. The quantitative estimate of drug-likeness (QED) is 0.507. The average Bonchev–Trinajstić information content (AvgIpc) is 3.44. The van der Waals surface area contributed by atoms with Crippen LogP contribution in [0.3, 0.4) is 0 Å². The molecule has 1 aliphatic rings. The number of rotatable bonds is 5. The Labute approximate surface area is 168 Å².